The van der Waals surface area contributed by atoms with E-state index in [1.54, 1.807) is 94.7 Å². The predicted octanol–water partition coefficient (Wildman–Crippen LogP) is 7.38. The number of carbonyl (C=O) groups excluding carboxylic acids is 4. The van der Waals surface area contributed by atoms with Crippen molar-refractivity contribution in [1.29, 1.82) is 0 Å². The van der Waals surface area contributed by atoms with E-state index in [-0.39, 0.29) is 66.0 Å². The fourth-order valence-electron chi connectivity index (χ4n) is 13.2. The molecule has 4 amide bonds. The van der Waals surface area contributed by atoms with E-state index in [0.29, 0.717) is 56.7 Å². The number of amides is 4. The summed E-state index contributed by atoms with van der Waals surface area (Å²) in [5, 5.41) is 12.7. The van der Waals surface area contributed by atoms with Crippen LogP contribution in [0, 0.1) is 13.8 Å². The number of carbonyl (C=O) groups is 4. The van der Waals surface area contributed by atoms with Crippen LogP contribution in [-0.4, -0.2) is 129 Å². The van der Waals surface area contributed by atoms with Gasteiger partial charge in [0, 0.05) is 31.2 Å². The van der Waals surface area contributed by atoms with Crippen molar-refractivity contribution in [2.24, 2.45) is 5.11 Å². The maximum Gasteiger partial charge on any atom is 0.266 e. The highest BCUT2D eigenvalue weighted by atomic mass is 32.2. The summed E-state index contributed by atoms with van der Waals surface area (Å²) < 4.78 is 60.2. The lowest BCUT2D eigenvalue weighted by atomic mass is 9.72. The molecule has 6 heterocycles. The molecule has 0 radical (unpaired) electrons. The first-order chi connectivity index (χ1) is 38.6. The summed E-state index contributed by atoms with van der Waals surface area (Å²) in [6.07, 6.45) is 0.991. The number of hydrogen-bond acceptors (Lipinski definition) is 10. The van der Waals surface area contributed by atoms with Crippen molar-refractivity contribution in [2.75, 3.05) is 47.9 Å². The quantitative estimate of drug-likeness (QED) is 0.0468. The summed E-state index contributed by atoms with van der Waals surface area (Å²) >= 11 is 0. The number of aryl methyl sites for hydroxylation is 2. The maximum atomic E-state index is 14.4. The topological polar surface area (TPSA) is 225 Å². The minimum absolute atomic E-state index is 0.0211. The number of rotatable bonds is 15. The van der Waals surface area contributed by atoms with E-state index in [1.807, 2.05) is 86.6 Å². The van der Waals surface area contributed by atoms with Gasteiger partial charge in [-0.25, -0.2) is 25.4 Å². The summed E-state index contributed by atoms with van der Waals surface area (Å²) in [6, 6.07) is 45.5. The largest absolute Gasteiger partial charge is 0.396 e. The molecule has 6 atom stereocenters. The monoisotopic (exact) mass is 1120 g/mol. The van der Waals surface area contributed by atoms with Crippen LogP contribution in [0.25, 0.3) is 10.4 Å². The molecule has 0 aliphatic carbocycles. The first kappa shape index (κ1) is 53.9. The molecule has 0 saturated carbocycles. The fraction of sp³-hybridized carbons (Fsp3) is 0.333. The molecule has 4 fully saturated rings. The molecular weight excluding hydrogens is 1050 g/mol. The average Bonchev–Trinajstić information content (AvgIpc) is 3.53. The van der Waals surface area contributed by atoms with Crippen LogP contribution in [0.4, 0.5) is 11.4 Å². The number of para-hydroxylation sites is 2. The number of hydrogen-bond donors (Lipinski definition) is 1. The zero-order valence-corrected chi connectivity index (χ0v) is 46.0. The van der Waals surface area contributed by atoms with Crippen molar-refractivity contribution < 1.29 is 41.1 Å². The van der Waals surface area contributed by atoms with Crippen molar-refractivity contribution in [3.63, 3.8) is 0 Å². The van der Waals surface area contributed by atoms with Gasteiger partial charge in [0.15, 0.2) is 0 Å². The minimum atomic E-state index is -4.11. The third kappa shape index (κ3) is 8.67. The van der Waals surface area contributed by atoms with Crippen LogP contribution in [0.2, 0.25) is 0 Å². The molecule has 0 unspecified atom stereocenters. The average molecular weight is 1120 g/mol. The molecule has 20 heteroatoms. The number of aliphatic hydroxyl groups excluding tert-OH is 1. The van der Waals surface area contributed by atoms with E-state index in [0.717, 1.165) is 33.4 Å². The summed E-state index contributed by atoms with van der Waals surface area (Å²) in [5.74, 6) is -0.930. The highest BCUT2D eigenvalue weighted by Gasteiger charge is 2.69. The molecule has 4 saturated heterocycles. The molecule has 0 spiro atoms. The standard InChI is InChI=1S/C30H30N6O4S.C30H31N3O5S/c1-21-13-15-22(16-14-21)30-19-26-28(38)34(18-8-7-17-32-33-31)20-27(37)35(26)29(30)36(25-12-6-5-11-24(25)30)41(39,40)23-9-3-2-4-10-23;1-21-13-15-22(16-14-21)30-19-26-28(36)31(17-7-8-18-34)20-27(35)32(26)29(30)33(25-12-6-5-11-24(25)30)39(37,38)23-9-3-2-4-10-23/h2-6,9-16,26,29H,7-8,17-20H2,1H3;2-6,9-16,26,29,34H,7-8,17-20H2,1H3/t2*26-,29-,30-/m00/s1. The van der Waals surface area contributed by atoms with Crippen LogP contribution in [0.5, 0.6) is 0 Å². The van der Waals surface area contributed by atoms with Crippen LogP contribution in [0.15, 0.2) is 173 Å². The normalized spacial score (nSPS) is 23.6. The molecule has 1 N–H and O–H groups in total. The SMILES string of the molecule is Cc1ccc([C@]23C[C@H]4C(=O)N(CCCCN=[N+]=[N-])CC(=O)N4[C@H]2N(S(=O)(=O)c2ccccc2)c2ccccc23)cc1.Cc1ccc([C@]23C[C@H]4C(=O)N(CCCCO)CC(=O)N4[C@H]2N(S(=O)(=O)c2ccccc2)c2ccccc23)cc1. The number of sulfonamides is 2. The van der Waals surface area contributed by atoms with Crippen molar-refractivity contribution >= 4 is 55.1 Å². The Balaban J connectivity index is 0.000000169. The molecule has 6 aromatic rings. The van der Waals surface area contributed by atoms with E-state index >= 15 is 0 Å². The molecule has 12 rings (SSSR count). The summed E-state index contributed by atoms with van der Waals surface area (Å²) in [7, 11) is -8.21. The fourth-order valence-corrected chi connectivity index (χ4v) is 16.6. The number of aliphatic hydroxyl groups is 1. The Kier molecular flexibility index (Phi) is 14.3. The lowest BCUT2D eigenvalue weighted by molar-refractivity contribution is -0.155. The van der Waals surface area contributed by atoms with E-state index < -0.39 is 55.3 Å². The molecule has 80 heavy (non-hydrogen) atoms. The van der Waals surface area contributed by atoms with E-state index in [2.05, 4.69) is 10.0 Å². The molecule has 6 aliphatic heterocycles. The molecule has 0 bridgehead atoms. The van der Waals surface area contributed by atoms with Crippen LogP contribution in [-0.2, 0) is 50.1 Å². The number of azide groups is 1. The van der Waals surface area contributed by atoms with Crippen LogP contribution >= 0.6 is 0 Å². The molecule has 0 aromatic heterocycles. The molecule has 6 aromatic carbocycles. The summed E-state index contributed by atoms with van der Waals surface area (Å²) in [4.78, 5) is 64.8. The predicted molar refractivity (Wildman–Crippen MR) is 300 cm³/mol. The maximum absolute atomic E-state index is 14.4. The Labute approximate surface area is 465 Å². The Morgan fingerprint density at radius 2 is 0.925 bits per heavy atom. The van der Waals surface area contributed by atoms with Gasteiger partial charge in [-0.15, -0.1) is 0 Å². The van der Waals surface area contributed by atoms with Gasteiger partial charge in [-0.1, -0.05) is 138 Å². The number of anilines is 2. The van der Waals surface area contributed by atoms with Crippen LogP contribution in [0.3, 0.4) is 0 Å². The first-order valence-electron chi connectivity index (χ1n) is 26.9. The third-order valence-electron chi connectivity index (χ3n) is 16.8. The zero-order valence-electron chi connectivity index (χ0n) is 44.4. The molecule has 6 aliphatic rings. The van der Waals surface area contributed by atoms with E-state index in [4.69, 9.17) is 5.53 Å². The number of unbranched alkanes of at least 4 members (excludes halogenated alkanes) is 2. The molecule has 18 nitrogen and oxygen atoms in total. The van der Waals surface area contributed by atoms with Crippen molar-refractivity contribution in [1.82, 2.24) is 19.6 Å². The summed E-state index contributed by atoms with van der Waals surface area (Å²) in [5.41, 5.74) is 13.1. The molecule has 412 valence electrons. The van der Waals surface area contributed by atoms with Crippen molar-refractivity contribution in [3.8, 4) is 0 Å². The van der Waals surface area contributed by atoms with Crippen LogP contribution in [0.1, 0.15) is 71.9 Å². The van der Waals surface area contributed by atoms with Gasteiger partial charge in [0.25, 0.3) is 20.0 Å². The highest BCUT2D eigenvalue weighted by Crippen LogP contribution is 2.61. The Hall–Kier alpha value is -8.03. The summed E-state index contributed by atoms with van der Waals surface area (Å²) in [6.45, 7) is 4.81. The minimum Gasteiger partial charge on any atom is -0.396 e. The van der Waals surface area contributed by atoms with Crippen LogP contribution < -0.4 is 8.61 Å². The molecular formula is C60H61N9O9S2. The van der Waals surface area contributed by atoms with Gasteiger partial charge in [0.2, 0.25) is 23.6 Å². The second kappa shape index (κ2) is 21.2. The van der Waals surface area contributed by atoms with Gasteiger partial charge < -0.3 is 24.7 Å². The van der Waals surface area contributed by atoms with Gasteiger partial charge in [-0.3, -0.25) is 19.2 Å². The number of benzene rings is 6. The lowest BCUT2D eigenvalue weighted by Crippen LogP contribution is -2.63. The number of fused-ring (bicyclic) bond motifs is 10. The van der Waals surface area contributed by atoms with Crippen molar-refractivity contribution in [3.05, 3.63) is 202 Å². The van der Waals surface area contributed by atoms with Gasteiger partial charge in [-0.2, -0.15) is 0 Å². The van der Waals surface area contributed by atoms with Gasteiger partial charge in [0.05, 0.1) is 45.1 Å². The van der Waals surface area contributed by atoms with Crippen molar-refractivity contribution in [2.45, 2.75) is 97.4 Å². The Bertz CT molecular complexity index is 3660. The van der Waals surface area contributed by atoms with Gasteiger partial charge in [0.1, 0.15) is 24.4 Å². The lowest BCUT2D eigenvalue weighted by Gasteiger charge is -2.42. The highest BCUT2D eigenvalue weighted by molar-refractivity contribution is 7.93. The zero-order chi connectivity index (χ0) is 56.1. The number of piperazine rings is 2. The third-order valence-corrected chi connectivity index (χ3v) is 20.4. The Morgan fingerprint density at radius 1 is 0.537 bits per heavy atom. The van der Waals surface area contributed by atoms with E-state index in [9.17, 15) is 41.1 Å². The smallest absolute Gasteiger partial charge is 0.266 e. The Morgan fingerprint density at radius 3 is 1.32 bits per heavy atom. The van der Waals surface area contributed by atoms with Gasteiger partial charge in [-0.05, 0) is 117 Å². The van der Waals surface area contributed by atoms with E-state index in [1.165, 1.54) is 18.4 Å². The van der Waals surface area contributed by atoms with Gasteiger partial charge >= 0.3 is 0 Å². The first-order valence-corrected chi connectivity index (χ1v) is 29.8. The second-order valence-corrected chi connectivity index (χ2v) is 25.0. The number of nitrogens with zero attached hydrogens (tertiary/aromatic N) is 9. The second-order valence-electron chi connectivity index (χ2n) is 21.3.